The van der Waals surface area contributed by atoms with Gasteiger partial charge in [-0.3, -0.25) is 9.59 Å². The number of alkyl halides is 1. The van der Waals surface area contributed by atoms with Crippen molar-refractivity contribution in [3.63, 3.8) is 0 Å². The van der Waals surface area contributed by atoms with Crippen LogP contribution in [0.2, 0.25) is 0 Å². The Morgan fingerprint density at radius 3 is 2.71 bits per heavy atom. The van der Waals surface area contributed by atoms with Crippen LogP contribution in [-0.4, -0.2) is 58.4 Å². The van der Waals surface area contributed by atoms with Crippen molar-refractivity contribution in [2.24, 2.45) is 28.6 Å². The number of carbonyl (C=O) groups is 3. The van der Waals surface area contributed by atoms with Crippen molar-refractivity contribution in [2.75, 3.05) is 13.2 Å². The third-order valence-electron chi connectivity index (χ3n) is 9.38. The smallest absolute Gasteiger partial charge is 0.408 e. The molecule has 3 fully saturated rings. The fraction of sp³-hybridized carbons (Fsp3) is 0.654. The van der Waals surface area contributed by atoms with Gasteiger partial charge in [0, 0.05) is 29.2 Å². The Morgan fingerprint density at radius 2 is 2.06 bits per heavy atom. The van der Waals surface area contributed by atoms with Crippen molar-refractivity contribution in [1.82, 2.24) is 5.32 Å². The summed E-state index contributed by atoms with van der Waals surface area (Å²) < 4.78 is 23.1. The van der Waals surface area contributed by atoms with Crippen LogP contribution in [0.25, 0.3) is 0 Å². The molecule has 0 spiro atoms. The molecule has 8 heteroatoms. The van der Waals surface area contributed by atoms with E-state index in [1.807, 2.05) is 0 Å². The minimum absolute atomic E-state index is 0.125. The largest absolute Gasteiger partial charge is 0.434 e. The quantitative estimate of drug-likeness (QED) is 0.527. The van der Waals surface area contributed by atoms with Gasteiger partial charge in [0.15, 0.2) is 17.1 Å². The van der Waals surface area contributed by atoms with Gasteiger partial charge in [0.05, 0.1) is 6.10 Å². The first-order valence-electron chi connectivity index (χ1n) is 12.0. The Hall–Kier alpha value is -2.32. The van der Waals surface area contributed by atoms with Crippen LogP contribution in [0.5, 0.6) is 0 Å². The summed E-state index contributed by atoms with van der Waals surface area (Å²) in [6.45, 7) is 8.12. The molecule has 0 aromatic heterocycles. The SMILES string of the molecule is C=CCNC(=O)O[C@@]1(C(=O)CO)[C@@H](C)CC2C3CCC4=CC(=O)C=C[C@]4(C)C3(F)[C@@H](O)C[C@@]21C. The topological polar surface area (TPSA) is 113 Å². The minimum atomic E-state index is -2.05. The number of rotatable bonds is 5. The summed E-state index contributed by atoms with van der Waals surface area (Å²) in [5.41, 5.74) is -5.34. The van der Waals surface area contributed by atoms with Gasteiger partial charge in [0.2, 0.25) is 5.78 Å². The first-order chi connectivity index (χ1) is 15.9. The number of alkyl carbamates (subject to hydrolysis) is 1. The van der Waals surface area contributed by atoms with Gasteiger partial charge in [-0.05, 0) is 50.7 Å². The molecule has 0 heterocycles. The highest BCUT2D eigenvalue weighted by Crippen LogP contribution is 2.71. The summed E-state index contributed by atoms with van der Waals surface area (Å²) in [4.78, 5) is 37.9. The first kappa shape index (κ1) is 24.8. The van der Waals surface area contributed by atoms with Crippen LogP contribution in [0, 0.1) is 28.6 Å². The number of allylic oxidation sites excluding steroid dienone is 4. The van der Waals surface area contributed by atoms with Gasteiger partial charge >= 0.3 is 6.09 Å². The van der Waals surface area contributed by atoms with Gasteiger partial charge in [0.25, 0.3) is 0 Å². The van der Waals surface area contributed by atoms with Crippen molar-refractivity contribution in [1.29, 1.82) is 0 Å². The van der Waals surface area contributed by atoms with Gasteiger partial charge in [-0.15, -0.1) is 6.58 Å². The predicted molar refractivity (Wildman–Crippen MR) is 122 cm³/mol. The number of aliphatic hydroxyl groups is 2. The van der Waals surface area contributed by atoms with Crippen LogP contribution in [-0.2, 0) is 14.3 Å². The molecular formula is C26H34FNO6. The summed E-state index contributed by atoms with van der Waals surface area (Å²) >= 11 is 0. The second-order valence-electron chi connectivity index (χ2n) is 10.8. The molecule has 1 amide bonds. The molecule has 186 valence electrons. The molecule has 4 rings (SSSR count). The zero-order valence-electron chi connectivity index (χ0n) is 20.0. The van der Waals surface area contributed by atoms with Gasteiger partial charge in [-0.1, -0.05) is 31.6 Å². The van der Waals surface area contributed by atoms with E-state index in [1.54, 1.807) is 26.8 Å². The van der Waals surface area contributed by atoms with Crippen molar-refractivity contribution in [3.05, 3.63) is 36.5 Å². The Labute approximate surface area is 199 Å². The lowest BCUT2D eigenvalue weighted by molar-refractivity contribution is -0.219. The van der Waals surface area contributed by atoms with Crippen molar-refractivity contribution < 1.29 is 33.7 Å². The number of nitrogens with one attached hydrogen (secondary N) is 1. The summed E-state index contributed by atoms with van der Waals surface area (Å²) in [5.74, 6) is -2.35. The molecule has 7 nitrogen and oxygen atoms in total. The molecule has 0 aliphatic heterocycles. The highest BCUT2D eigenvalue weighted by molar-refractivity contribution is 6.01. The number of hydrogen-bond donors (Lipinski definition) is 3. The lowest BCUT2D eigenvalue weighted by Crippen LogP contribution is -2.70. The van der Waals surface area contributed by atoms with Crippen molar-refractivity contribution >= 4 is 17.7 Å². The molecule has 4 aliphatic carbocycles. The third-order valence-corrected chi connectivity index (χ3v) is 9.38. The maximum Gasteiger partial charge on any atom is 0.408 e. The van der Waals surface area contributed by atoms with E-state index in [2.05, 4.69) is 11.9 Å². The summed E-state index contributed by atoms with van der Waals surface area (Å²) in [5, 5.41) is 23.8. The van der Waals surface area contributed by atoms with Crippen LogP contribution in [0.3, 0.4) is 0 Å². The monoisotopic (exact) mass is 475 g/mol. The minimum Gasteiger partial charge on any atom is -0.434 e. The molecule has 34 heavy (non-hydrogen) atoms. The van der Waals surface area contributed by atoms with Gasteiger partial charge < -0.3 is 20.3 Å². The van der Waals surface area contributed by atoms with Gasteiger partial charge in [-0.2, -0.15) is 0 Å². The average molecular weight is 476 g/mol. The number of hydrogen-bond acceptors (Lipinski definition) is 6. The number of halogens is 1. The first-order valence-corrected chi connectivity index (χ1v) is 12.0. The average Bonchev–Trinajstić information content (AvgIpc) is 3.00. The van der Waals surface area contributed by atoms with Crippen LogP contribution in [0.1, 0.15) is 46.5 Å². The summed E-state index contributed by atoms with van der Waals surface area (Å²) in [6.07, 6.45) is 4.76. The Bertz CT molecular complexity index is 992. The second-order valence-corrected chi connectivity index (χ2v) is 10.8. The lowest BCUT2D eigenvalue weighted by atomic mass is 9.44. The zero-order chi connectivity index (χ0) is 25.1. The highest BCUT2D eigenvalue weighted by atomic mass is 19.1. The molecule has 0 aromatic carbocycles. The lowest BCUT2D eigenvalue weighted by Gasteiger charge is -2.62. The fourth-order valence-electron chi connectivity index (χ4n) is 7.85. The molecule has 0 radical (unpaired) electrons. The van der Waals surface area contributed by atoms with E-state index in [-0.39, 0.29) is 24.7 Å². The Balaban J connectivity index is 1.81. The van der Waals surface area contributed by atoms with E-state index in [0.29, 0.717) is 24.8 Å². The third kappa shape index (κ3) is 2.97. The number of ketones is 2. The number of ether oxygens (including phenoxy) is 1. The second kappa shape index (κ2) is 8.12. The Morgan fingerprint density at radius 1 is 1.35 bits per heavy atom. The Kier molecular flexibility index (Phi) is 5.92. The van der Waals surface area contributed by atoms with Crippen LogP contribution in [0.15, 0.2) is 36.5 Å². The van der Waals surface area contributed by atoms with E-state index in [4.69, 9.17) is 4.74 Å². The van der Waals surface area contributed by atoms with Crippen molar-refractivity contribution in [2.45, 2.75) is 63.8 Å². The zero-order valence-corrected chi connectivity index (χ0v) is 20.0. The van der Waals surface area contributed by atoms with E-state index >= 15 is 4.39 Å². The molecular weight excluding hydrogens is 441 g/mol. The standard InChI is InChI=1S/C26H34FNO6/c1-5-10-28-22(33)34-26(21(32)14-29)15(2)11-19-18-7-6-16-12-17(30)8-9-23(16,3)25(18,27)20(31)13-24(19,26)4/h5,8-9,12,15,18-20,29,31H,1,6-7,10-11,13-14H2,2-4H3,(H,28,33)/t15-,18?,19?,20-,23-,24-,25?,26+/m0/s1. The number of aliphatic hydroxyl groups excluding tert-OH is 2. The van der Waals surface area contributed by atoms with Gasteiger partial charge in [-0.25, -0.2) is 9.18 Å². The highest BCUT2D eigenvalue weighted by Gasteiger charge is 2.77. The normalized spacial score (nSPS) is 44.9. The van der Waals surface area contributed by atoms with Crippen LogP contribution in [0.4, 0.5) is 9.18 Å². The number of Topliss-reactive ketones (excluding diaryl/α,β-unsaturated/α-hetero) is 1. The molecule has 3 N–H and O–H groups in total. The van der Waals surface area contributed by atoms with E-state index in [0.717, 1.165) is 0 Å². The number of fused-ring (bicyclic) bond motifs is 5. The van der Waals surface area contributed by atoms with E-state index < -0.39 is 58.5 Å². The molecule has 4 aliphatic rings. The summed E-state index contributed by atoms with van der Waals surface area (Å²) in [7, 11) is 0. The maximum absolute atomic E-state index is 17.2. The van der Waals surface area contributed by atoms with Crippen molar-refractivity contribution in [3.8, 4) is 0 Å². The number of carbonyl (C=O) groups excluding carboxylic acids is 3. The van der Waals surface area contributed by atoms with Crippen LogP contribution < -0.4 is 5.32 Å². The summed E-state index contributed by atoms with van der Waals surface area (Å²) in [6, 6.07) is 0. The van der Waals surface area contributed by atoms with E-state index in [1.165, 1.54) is 18.2 Å². The predicted octanol–water partition coefficient (Wildman–Crippen LogP) is 2.82. The number of amides is 1. The molecule has 3 saturated carbocycles. The van der Waals surface area contributed by atoms with Crippen LogP contribution >= 0.6 is 0 Å². The fourth-order valence-corrected chi connectivity index (χ4v) is 7.85. The maximum atomic E-state index is 17.2. The van der Waals surface area contributed by atoms with Gasteiger partial charge in [0.1, 0.15) is 6.61 Å². The molecule has 3 unspecified atom stereocenters. The molecule has 0 bridgehead atoms. The molecule has 0 saturated heterocycles. The molecule has 0 aromatic rings. The molecule has 8 atom stereocenters. The van der Waals surface area contributed by atoms with E-state index in [9.17, 15) is 24.6 Å².